The Labute approximate surface area is 203 Å². The van der Waals surface area contributed by atoms with Gasteiger partial charge in [-0.1, -0.05) is 18.2 Å². The van der Waals surface area contributed by atoms with Crippen molar-refractivity contribution in [2.45, 2.75) is 26.8 Å². The molecular formula is C28H27N3O4. The summed E-state index contributed by atoms with van der Waals surface area (Å²) in [7, 11) is 1.77. The van der Waals surface area contributed by atoms with Gasteiger partial charge in [0.25, 0.3) is 0 Å². The number of carboxylic acids is 1. The number of nitrogens with one attached hydrogen (secondary N) is 3. The van der Waals surface area contributed by atoms with E-state index < -0.39 is 5.97 Å². The molecule has 35 heavy (non-hydrogen) atoms. The smallest absolute Gasteiger partial charge is 0.337 e. The Balaban J connectivity index is 1.87. The molecular weight excluding hydrogens is 442 g/mol. The van der Waals surface area contributed by atoms with E-state index in [1.165, 1.54) is 6.07 Å². The van der Waals surface area contributed by atoms with Crippen LogP contribution < -0.4 is 16.1 Å². The zero-order valence-corrected chi connectivity index (χ0v) is 20.0. The molecule has 0 saturated carbocycles. The third kappa shape index (κ3) is 4.53. The zero-order valence-electron chi connectivity index (χ0n) is 20.0. The van der Waals surface area contributed by atoms with E-state index >= 15 is 0 Å². The summed E-state index contributed by atoms with van der Waals surface area (Å²) in [6, 6.07) is 11.6. The number of rotatable bonds is 6. The Morgan fingerprint density at radius 2 is 1.89 bits per heavy atom. The summed E-state index contributed by atoms with van der Waals surface area (Å²) in [5.74, 6) is -0.611. The molecule has 1 aliphatic rings. The van der Waals surface area contributed by atoms with Crippen LogP contribution in [0.15, 0.2) is 81.2 Å². The van der Waals surface area contributed by atoms with Crippen molar-refractivity contribution in [3.8, 4) is 0 Å². The first kappa shape index (κ1) is 23.8. The topological polar surface area (TPSA) is 115 Å². The fourth-order valence-corrected chi connectivity index (χ4v) is 4.32. The van der Waals surface area contributed by atoms with Gasteiger partial charge in [-0.05, 0) is 62.3 Å². The van der Waals surface area contributed by atoms with E-state index in [1.807, 2.05) is 26.8 Å². The van der Waals surface area contributed by atoms with Gasteiger partial charge in [0.05, 0.1) is 22.7 Å². The van der Waals surface area contributed by atoms with Gasteiger partial charge in [-0.15, -0.1) is 0 Å². The lowest BCUT2D eigenvalue weighted by atomic mass is 9.91. The van der Waals surface area contributed by atoms with Crippen LogP contribution in [0.3, 0.4) is 0 Å². The van der Waals surface area contributed by atoms with E-state index in [4.69, 9.17) is 9.83 Å². The van der Waals surface area contributed by atoms with Crippen LogP contribution >= 0.6 is 0 Å². The van der Waals surface area contributed by atoms with Crippen LogP contribution in [0.2, 0.25) is 0 Å². The molecule has 1 aliphatic carbocycles. The first-order valence-electron chi connectivity index (χ1n) is 11.2. The Morgan fingerprint density at radius 1 is 1.14 bits per heavy atom. The van der Waals surface area contributed by atoms with Gasteiger partial charge >= 0.3 is 5.97 Å². The molecule has 4 N–H and O–H groups in total. The van der Waals surface area contributed by atoms with Gasteiger partial charge in [0.15, 0.2) is 5.43 Å². The van der Waals surface area contributed by atoms with Crippen LogP contribution in [0.1, 0.15) is 47.1 Å². The van der Waals surface area contributed by atoms with Crippen LogP contribution in [-0.4, -0.2) is 23.8 Å². The number of anilines is 1. The summed E-state index contributed by atoms with van der Waals surface area (Å²) in [4.78, 5) is 24.8. The highest BCUT2D eigenvalue weighted by Crippen LogP contribution is 2.33. The molecule has 0 saturated heterocycles. The van der Waals surface area contributed by atoms with Crippen molar-refractivity contribution in [2.24, 2.45) is 0 Å². The molecule has 0 bridgehead atoms. The second-order valence-electron chi connectivity index (χ2n) is 8.55. The van der Waals surface area contributed by atoms with Crippen LogP contribution in [0.5, 0.6) is 0 Å². The van der Waals surface area contributed by atoms with Crippen molar-refractivity contribution in [3.63, 3.8) is 0 Å². The van der Waals surface area contributed by atoms with Gasteiger partial charge in [-0.3, -0.25) is 4.79 Å². The van der Waals surface area contributed by atoms with Gasteiger partial charge in [-0.2, -0.15) is 0 Å². The fraction of sp³-hybridized carbons (Fsp3) is 0.179. The quantitative estimate of drug-likeness (QED) is 0.382. The third-order valence-corrected chi connectivity index (χ3v) is 6.07. The number of allylic oxidation sites excluding steroid dienone is 5. The minimum atomic E-state index is -1.02. The lowest BCUT2D eigenvalue weighted by molar-refractivity contribution is 0.0698. The predicted molar refractivity (Wildman–Crippen MR) is 139 cm³/mol. The van der Waals surface area contributed by atoms with Crippen molar-refractivity contribution in [1.29, 1.82) is 5.41 Å². The average molecular weight is 470 g/mol. The van der Waals surface area contributed by atoms with Crippen LogP contribution in [0.4, 0.5) is 5.69 Å². The summed E-state index contributed by atoms with van der Waals surface area (Å²) in [5.41, 5.74) is 5.20. The molecule has 4 rings (SSSR count). The van der Waals surface area contributed by atoms with Crippen molar-refractivity contribution >= 4 is 33.9 Å². The number of para-hydroxylation sites is 1. The molecule has 2 aromatic carbocycles. The van der Waals surface area contributed by atoms with Gasteiger partial charge < -0.3 is 25.6 Å². The van der Waals surface area contributed by atoms with Gasteiger partial charge in [-0.25, -0.2) is 4.79 Å². The first-order valence-corrected chi connectivity index (χ1v) is 11.2. The largest absolute Gasteiger partial charge is 0.478 e. The van der Waals surface area contributed by atoms with E-state index in [0.29, 0.717) is 28.1 Å². The highest BCUT2D eigenvalue weighted by atomic mass is 16.4. The van der Waals surface area contributed by atoms with Crippen LogP contribution in [0, 0.1) is 12.3 Å². The maximum atomic E-state index is 13.2. The molecule has 178 valence electrons. The number of hydrogen-bond acceptors (Lipinski definition) is 6. The molecule has 1 aromatic heterocycles. The number of aryl methyl sites for hydroxylation is 1. The second kappa shape index (κ2) is 9.46. The predicted octanol–water partition coefficient (Wildman–Crippen LogP) is 5.44. The standard InChI is InChI=1S/C28H27N3O4/c1-15-11-20(17(3)31-24-8-6-5-7-19(24)28(33)34)27-21(12-15)25(32)13-26(35-27)18-9-10-23(29)22(14-30-4)16(18)2/h5-14,17,29-31H,1-4H3,(H,33,34)/b22-14-,29-23?. The Morgan fingerprint density at radius 3 is 2.60 bits per heavy atom. The van der Waals surface area contributed by atoms with Gasteiger partial charge in [0.2, 0.25) is 0 Å². The molecule has 7 nitrogen and oxygen atoms in total. The molecule has 0 aliphatic heterocycles. The summed E-state index contributed by atoms with van der Waals surface area (Å²) in [6.07, 6.45) is 5.22. The SMILES string of the molecule is CN/C=C1\C(=N)C=CC(c2cc(=O)c3cc(C)cc(C(C)Nc4ccccc4C(=O)O)c3o2)=C1C. The zero-order chi connectivity index (χ0) is 25.3. The fourth-order valence-electron chi connectivity index (χ4n) is 4.32. The van der Waals surface area contributed by atoms with E-state index in [0.717, 1.165) is 27.8 Å². The van der Waals surface area contributed by atoms with Crippen molar-refractivity contribution in [3.05, 3.63) is 105 Å². The number of benzene rings is 2. The Kier molecular flexibility index (Phi) is 6.42. The monoisotopic (exact) mass is 469 g/mol. The third-order valence-electron chi connectivity index (χ3n) is 6.07. The number of carbonyl (C=O) groups is 1. The van der Waals surface area contributed by atoms with Crippen molar-refractivity contribution in [2.75, 3.05) is 12.4 Å². The molecule has 1 atom stereocenters. The summed E-state index contributed by atoms with van der Waals surface area (Å²) >= 11 is 0. The van der Waals surface area contributed by atoms with Crippen molar-refractivity contribution < 1.29 is 14.3 Å². The van der Waals surface area contributed by atoms with Gasteiger partial charge in [0.1, 0.15) is 11.3 Å². The Bertz CT molecular complexity index is 1510. The maximum Gasteiger partial charge on any atom is 0.337 e. The van der Waals surface area contributed by atoms with E-state index in [1.54, 1.807) is 55.7 Å². The Hall–Kier alpha value is -4.39. The van der Waals surface area contributed by atoms with Crippen LogP contribution in [0.25, 0.3) is 16.5 Å². The maximum absolute atomic E-state index is 13.2. The summed E-state index contributed by atoms with van der Waals surface area (Å²) in [5, 5.41) is 24.4. The lowest BCUT2D eigenvalue weighted by Gasteiger charge is -2.20. The van der Waals surface area contributed by atoms with E-state index in [-0.39, 0.29) is 17.0 Å². The first-order chi connectivity index (χ1) is 16.7. The van der Waals surface area contributed by atoms with E-state index in [9.17, 15) is 14.7 Å². The lowest BCUT2D eigenvalue weighted by Crippen LogP contribution is -2.13. The number of carboxylic acid groups (broad SMARTS) is 1. The molecule has 1 unspecified atom stereocenters. The minimum Gasteiger partial charge on any atom is -0.478 e. The number of fused-ring (bicyclic) bond motifs is 1. The number of aromatic carboxylic acids is 1. The highest BCUT2D eigenvalue weighted by Gasteiger charge is 2.21. The average Bonchev–Trinajstić information content (AvgIpc) is 2.82. The summed E-state index contributed by atoms with van der Waals surface area (Å²) < 4.78 is 6.35. The molecule has 0 amide bonds. The summed E-state index contributed by atoms with van der Waals surface area (Å²) in [6.45, 7) is 5.70. The highest BCUT2D eigenvalue weighted by molar-refractivity contribution is 6.14. The molecule has 0 spiro atoms. The second-order valence-corrected chi connectivity index (χ2v) is 8.55. The van der Waals surface area contributed by atoms with Crippen molar-refractivity contribution in [1.82, 2.24) is 5.32 Å². The molecule has 3 aromatic rings. The van der Waals surface area contributed by atoms with E-state index in [2.05, 4.69) is 10.6 Å². The van der Waals surface area contributed by atoms with Gasteiger partial charge in [0, 0.05) is 41.7 Å². The molecule has 7 heteroatoms. The molecule has 0 radical (unpaired) electrons. The number of hydrogen-bond donors (Lipinski definition) is 4. The van der Waals surface area contributed by atoms with Crippen LogP contribution in [-0.2, 0) is 0 Å². The molecule has 1 heterocycles. The minimum absolute atomic E-state index is 0.165. The normalized spacial score (nSPS) is 15.5. The molecule has 0 fully saturated rings.